The molecule has 0 fully saturated rings. The molecule has 98 valence electrons. The number of rotatable bonds is 4. The van der Waals surface area contributed by atoms with E-state index in [2.05, 4.69) is 5.10 Å². The first-order valence-corrected chi connectivity index (χ1v) is 5.39. The number of aromatic nitrogens is 2. The van der Waals surface area contributed by atoms with Crippen LogP contribution >= 0.6 is 0 Å². The van der Waals surface area contributed by atoms with Crippen LogP contribution in [0.1, 0.15) is 10.5 Å². The van der Waals surface area contributed by atoms with Gasteiger partial charge in [0.05, 0.1) is 17.7 Å². The SMILES string of the molecule is COc1ccc(-c2cc(C=O)n(C)n2)cc1[N+](=O)[O-]. The molecule has 2 aromatic rings. The van der Waals surface area contributed by atoms with E-state index in [0.29, 0.717) is 23.2 Å². The number of aldehydes is 1. The number of hydrogen-bond acceptors (Lipinski definition) is 5. The van der Waals surface area contributed by atoms with Gasteiger partial charge in [-0.2, -0.15) is 5.10 Å². The van der Waals surface area contributed by atoms with Gasteiger partial charge < -0.3 is 4.74 Å². The maximum absolute atomic E-state index is 10.9. The van der Waals surface area contributed by atoms with Gasteiger partial charge in [-0.15, -0.1) is 0 Å². The highest BCUT2D eigenvalue weighted by atomic mass is 16.6. The molecule has 0 saturated heterocycles. The molecule has 0 radical (unpaired) electrons. The summed E-state index contributed by atoms with van der Waals surface area (Å²) >= 11 is 0. The van der Waals surface area contributed by atoms with Crippen molar-refractivity contribution in [1.82, 2.24) is 9.78 Å². The molecule has 7 heteroatoms. The zero-order chi connectivity index (χ0) is 14.0. The van der Waals surface area contributed by atoms with Crippen molar-refractivity contribution >= 4 is 12.0 Å². The summed E-state index contributed by atoms with van der Waals surface area (Å²) in [6.45, 7) is 0. The Morgan fingerprint density at radius 1 is 1.42 bits per heavy atom. The van der Waals surface area contributed by atoms with Gasteiger partial charge >= 0.3 is 5.69 Å². The molecule has 19 heavy (non-hydrogen) atoms. The van der Waals surface area contributed by atoms with Crippen LogP contribution in [0, 0.1) is 10.1 Å². The lowest BCUT2D eigenvalue weighted by Gasteiger charge is -2.02. The minimum Gasteiger partial charge on any atom is -0.490 e. The van der Waals surface area contributed by atoms with E-state index in [0.717, 1.165) is 0 Å². The molecule has 1 heterocycles. The molecular formula is C12H11N3O4. The Hall–Kier alpha value is -2.70. The number of carbonyl (C=O) groups is 1. The molecule has 1 aromatic heterocycles. The first-order valence-electron chi connectivity index (χ1n) is 5.39. The van der Waals surface area contributed by atoms with Crippen molar-refractivity contribution in [2.75, 3.05) is 7.11 Å². The fourth-order valence-electron chi connectivity index (χ4n) is 1.73. The smallest absolute Gasteiger partial charge is 0.311 e. The van der Waals surface area contributed by atoms with Crippen LogP contribution in [0.5, 0.6) is 5.75 Å². The average molecular weight is 261 g/mol. The number of aryl methyl sites for hydroxylation is 1. The van der Waals surface area contributed by atoms with Gasteiger partial charge in [-0.25, -0.2) is 0 Å². The van der Waals surface area contributed by atoms with E-state index in [1.165, 1.54) is 23.9 Å². The van der Waals surface area contributed by atoms with Crippen LogP contribution in [-0.4, -0.2) is 28.1 Å². The molecule has 0 bridgehead atoms. The average Bonchev–Trinajstić information content (AvgIpc) is 2.79. The summed E-state index contributed by atoms with van der Waals surface area (Å²) in [6.07, 6.45) is 0.675. The molecule has 0 amide bonds. The number of methoxy groups -OCH3 is 1. The van der Waals surface area contributed by atoms with Gasteiger partial charge in [0.15, 0.2) is 12.0 Å². The lowest BCUT2D eigenvalue weighted by molar-refractivity contribution is -0.385. The van der Waals surface area contributed by atoms with Crippen LogP contribution in [0.25, 0.3) is 11.3 Å². The van der Waals surface area contributed by atoms with Gasteiger partial charge in [-0.05, 0) is 18.2 Å². The second-order valence-electron chi connectivity index (χ2n) is 3.84. The molecule has 0 aliphatic heterocycles. The first-order chi connectivity index (χ1) is 9.06. The summed E-state index contributed by atoms with van der Waals surface area (Å²) in [6, 6.07) is 6.10. The lowest BCUT2D eigenvalue weighted by atomic mass is 10.1. The third-order valence-electron chi connectivity index (χ3n) is 2.71. The van der Waals surface area contributed by atoms with Gasteiger partial charge in [-0.3, -0.25) is 19.6 Å². The number of hydrogen-bond donors (Lipinski definition) is 0. The standard InChI is InChI=1S/C12H11N3O4/c1-14-9(7-16)6-10(13-14)8-3-4-12(19-2)11(5-8)15(17)18/h3-7H,1-2H3. The highest BCUT2D eigenvalue weighted by Gasteiger charge is 2.17. The Morgan fingerprint density at radius 2 is 2.16 bits per heavy atom. The maximum Gasteiger partial charge on any atom is 0.311 e. The number of benzene rings is 1. The fourth-order valence-corrected chi connectivity index (χ4v) is 1.73. The molecule has 0 aliphatic carbocycles. The van der Waals surface area contributed by atoms with Crippen LogP contribution in [0.4, 0.5) is 5.69 Å². The Morgan fingerprint density at radius 3 is 2.68 bits per heavy atom. The molecule has 0 unspecified atom stereocenters. The summed E-state index contributed by atoms with van der Waals surface area (Å²) < 4.78 is 6.34. The lowest BCUT2D eigenvalue weighted by Crippen LogP contribution is -1.96. The van der Waals surface area contributed by atoms with Crippen molar-refractivity contribution in [3.8, 4) is 17.0 Å². The van der Waals surface area contributed by atoms with Crippen LogP contribution < -0.4 is 4.74 Å². The largest absolute Gasteiger partial charge is 0.490 e. The summed E-state index contributed by atoms with van der Waals surface area (Å²) in [5.41, 5.74) is 1.30. The summed E-state index contributed by atoms with van der Waals surface area (Å²) in [7, 11) is 3.00. The minimum absolute atomic E-state index is 0.140. The van der Waals surface area contributed by atoms with E-state index in [4.69, 9.17) is 4.74 Å². The number of nitro groups is 1. The fraction of sp³-hybridized carbons (Fsp3) is 0.167. The van der Waals surface area contributed by atoms with E-state index in [1.54, 1.807) is 19.2 Å². The third kappa shape index (κ3) is 2.30. The van der Waals surface area contributed by atoms with Crippen LogP contribution in [0.15, 0.2) is 24.3 Å². The molecule has 0 spiro atoms. The van der Waals surface area contributed by atoms with Crippen molar-refractivity contribution in [2.24, 2.45) is 7.05 Å². The molecule has 1 aromatic carbocycles. The van der Waals surface area contributed by atoms with Crippen molar-refractivity contribution in [1.29, 1.82) is 0 Å². The highest BCUT2D eigenvalue weighted by molar-refractivity contribution is 5.76. The molecule has 2 rings (SSSR count). The van der Waals surface area contributed by atoms with Crippen LogP contribution in [0.3, 0.4) is 0 Å². The number of carbonyl (C=O) groups excluding carboxylic acids is 1. The minimum atomic E-state index is -0.522. The number of ether oxygens (including phenoxy) is 1. The number of nitrogens with zero attached hydrogens (tertiary/aromatic N) is 3. The van der Waals surface area contributed by atoms with Crippen LogP contribution in [0.2, 0.25) is 0 Å². The molecular weight excluding hydrogens is 250 g/mol. The predicted octanol–water partition coefficient (Wildman–Crippen LogP) is 1.82. The Labute approximate surface area is 108 Å². The predicted molar refractivity (Wildman–Crippen MR) is 67.2 cm³/mol. The van der Waals surface area contributed by atoms with E-state index < -0.39 is 4.92 Å². The van der Waals surface area contributed by atoms with Crippen molar-refractivity contribution < 1.29 is 14.5 Å². The second-order valence-corrected chi connectivity index (χ2v) is 3.84. The molecule has 0 saturated carbocycles. The van der Waals surface area contributed by atoms with Gasteiger partial charge in [0.1, 0.15) is 5.69 Å². The number of nitro benzene ring substituents is 1. The summed E-state index contributed by atoms with van der Waals surface area (Å²) in [5.74, 6) is 0.181. The summed E-state index contributed by atoms with van der Waals surface area (Å²) in [4.78, 5) is 21.2. The van der Waals surface area contributed by atoms with Crippen LogP contribution in [-0.2, 0) is 7.05 Å². The monoisotopic (exact) mass is 261 g/mol. The topological polar surface area (TPSA) is 87.3 Å². The Bertz CT molecular complexity index is 648. The maximum atomic E-state index is 10.9. The quantitative estimate of drug-likeness (QED) is 0.476. The van der Waals surface area contributed by atoms with E-state index >= 15 is 0 Å². The van der Waals surface area contributed by atoms with Crippen molar-refractivity contribution in [3.05, 3.63) is 40.1 Å². The van der Waals surface area contributed by atoms with Gasteiger partial charge in [-0.1, -0.05) is 0 Å². The van der Waals surface area contributed by atoms with Gasteiger partial charge in [0.25, 0.3) is 0 Å². The molecule has 7 nitrogen and oxygen atoms in total. The summed E-state index contributed by atoms with van der Waals surface area (Å²) in [5, 5.41) is 15.1. The first kappa shape index (κ1) is 12.7. The Balaban J connectivity index is 2.53. The second kappa shape index (κ2) is 4.89. The van der Waals surface area contributed by atoms with Gasteiger partial charge in [0.2, 0.25) is 0 Å². The van der Waals surface area contributed by atoms with E-state index in [9.17, 15) is 14.9 Å². The van der Waals surface area contributed by atoms with Crippen molar-refractivity contribution in [2.45, 2.75) is 0 Å². The third-order valence-corrected chi connectivity index (χ3v) is 2.71. The zero-order valence-corrected chi connectivity index (χ0v) is 10.4. The zero-order valence-electron chi connectivity index (χ0n) is 10.4. The normalized spacial score (nSPS) is 10.2. The van der Waals surface area contributed by atoms with Crippen molar-refractivity contribution in [3.63, 3.8) is 0 Å². The van der Waals surface area contributed by atoms with E-state index in [-0.39, 0.29) is 11.4 Å². The van der Waals surface area contributed by atoms with E-state index in [1.807, 2.05) is 0 Å². The molecule has 0 aliphatic rings. The highest BCUT2D eigenvalue weighted by Crippen LogP contribution is 2.31. The molecule has 0 atom stereocenters. The van der Waals surface area contributed by atoms with Gasteiger partial charge in [0, 0.05) is 18.7 Å². The molecule has 0 N–H and O–H groups in total. The Kier molecular flexibility index (Phi) is 3.28.